The van der Waals surface area contributed by atoms with Gasteiger partial charge in [-0.3, -0.25) is 0 Å². The molecule has 0 bridgehead atoms. The molecule has 0 spiro atoms. The lowest BCUT2D eigenvalue weighted by Crippen LogP contribution is -1.96. The van der Waals surface area contributed by atoms with Crippen LogP contribution in [0.2, 0.25) is 0 Å². The first kappa shape index (κ1) is 23.8. The van der Waals surface area contributed by atoms with Crippen molar-refractivity contribution in [3.8, 4) is 33.4 Å². The molecule has 0 unspecified atom stereocenters. The van der Waals surface area contributed by atoms with Crippen LogP contribution in [0.15, 0.2) is 118 Å². The quantitative estimate of drug-likeness (QED) is 0.176. The highest BCUT2D eigenvalue weighted by atomic mass is 16.3. The highest BCUT2D eigenvalue weighted by molar-refractivity contribution is 6.26. The van der Waals surface area contributed by atoms with E-state index in [0.29, 0.717) is 0 Å². The molecule has 0 saturated heterocycles. The van der Waals surface area contributed by atoms with Gasteiger partial charge in [-0.05, 0) is 46.2 Å². The van der Waals surface area contributed by atoms with Gasteiger partial charge in [0, 0.05) is 33.0 Å². The summed E-state index contributed by atoms with van der Waals surface area (Å²) in [5.74, 6) is 0. The van der Waals surface area contributed by atoms with E-state index in [1.807, 2.05) is 39.8 Å². The second-order valence-electron chi connectivity index (χ2n) is 8.89. The standard InChI is InChI=1S/C32H18O2.2C2H6/c1-3-7-19(8-4-1)23-15-11-21-13-18-26-29-27(21)31(23)33-25-17-14-22-12-16-24(20-9-5-2-6-10-20)32(34-26)28(22)30(25)29;2*1-2/h1-18H;2*1-2H3. The lowest BCUT2D eigenvalue weighted by atomic mass is 9.87. The molecule has 2 aliphatic heterocycles. The van der Waals surface area contributed by atoms with Crippen molar-refractivity contribution in [2.45, 2.75) is 27.7 Å². The predicted molar refractivity (Wildman–Crippen MR) is 162 cm³/mol. The van der Waals surface area contributed by atoms with Gasteiger partial charge in [0.2, 0.25) is 0 Å². The summed E-state index contributed by atoms with van der Waals surface area (Å²) >= 11 is 0. The second-order valence-corrected chi connectivity index (χ2v) is 8.89. The van der Waals surface area contributed by atoms with Crippen LogP contribution < -0.4 is 0 Å². The Hall–Kier alpha value is -4.56. The molecule has 0 aromatic heterocycles. The first-order valence-corrected chi connectivity index (χ1v) is 13.5. The third-order valence-electron chi connectivity index (χ3n) is 7.04. The lowest BCUT2D eigenvalue weighted by Gasteiger charge is -2.21. The zero-order valence-corrected chi connectivity index (χ0v) is 22.2. The Labute approximate surface area is 222 Å². The van der Waals surface area contributed by atoms with Gasteiger partial charge in [-0.2, -0.15) is 0 Å². The molecule has 8 rings (SSSR count). The van der Waals surface area contributed by atoms with E-state index in [1.165, 1.54) is 0 Å². The summed E-state index contributed by atoms with van der Waals surface area (Å²) in [6.45, 7) is 8.00. The van der Waals surface area contributed by atoms with E-state index in [-0.39, 0.29) is 0 Å². The molecule has 0 aliphatic carbocycles. The highest BCUT2D eigenvalue weighted by Gasteiger charge is 2.26. The summed E-state index contributed by atoms with van der Waals surface area (Å²) in [4.78, 5) is 0. The molecule has 186 valence electrons. The van der Waals surface area contributed by atoms with E-state index in [2.05, 4.69) is 97.1 Å². The average molecular weight is 495 g/mol. The van der Waals surface area contributed by atoms with Crippen molar-refractivity contribution < 1.29 is 8.83 Å². The minimum atomic E-state index is 0.881. The number of hydrogen-bond acceptors (Lipinski definition) is 2. The van der Waals surface area contributed by atoms with Crippen molar-refractivity contribution >= 4 is 43.9 Å². The monoisotopic (exact) mass is 494 g/mol. The number of benzene rings is 6. The third-order valence-corrected chi connectivity index (χ3v) is 7.04. The molecule has 0 saturated carbocycles. The molecule has 0 fully saturated rings. The largest absolute Gasteiger partial charge is 0.455 e. The van der Waals surface area contributed by atoms with Gasteiger partial charge in [0.05, 0.1) is 0 Å². The van der Waals surface area contributed by atoms with Crippen molar-refractivity contribution in [2.75, 3.05) is 0 Å². The molecular formula is C36H30O2. The summed E-state index contributed by atoms with van der Waals surface area (Å²) in [6.07, 6.45) is 0. The van der Waals surface area contributed by atoms with Gasteiger partial charge in [0.1, 0.15) is 22.3 Å². The van der Waals surface area contributed by atoms with E-state index in [4.69, 9.17) is 8.83 Å². The summed E-state index contributed by atoms with van der Waals surface area (Å²) in [6, 6.07) is 38.0. The Balaban J connectivity index is 0.000000633. The number of hydrogen-bond donors (Lipinski definition) is 0. The van der Waals surface area contributed by atoms with Crippen molar-refractivity contribution in [2.24, 2.45) is 0 Å². The van der Waals surface area contributed by atoms with Gasteiger partial charge in [0.15, 0.2) is 0 Å². The van der Waals surface area contributed by atoms with E-state index in [9.17, 15) is 0 Å². The molecule has 2 heteroatoms. The maximum atomic E-state index is 6.72. The minimum absolute atomic E-state index is 0.881. The Morgan fingerprint density at radius 2 is 0.763 bits per heavy atom. The average Bonchev–Trinajstić information content (AvgIpc) is 3.01. The molecule has 6 aromatic rings. The van der Waals surface area contributed by atoms with E-state index in [0.717, 1.165) is 77.3 Å². The zero-order valence-electron chi connectivity index (χ0n) is 22.2. The minimum Gasteiger partial charge on any atom is -0.455 e. The van der Waals surface area contributed by atoms with Crippen molar-refractivity contribution in [1.82, 2.24) is 0 Å². The van der Waals surface area contributed by atoms with Crippen LogP contribution in [0.1, 0.15) is 27.7 Å². The molecule has 2 aliphatic rings. The maximum absolute atomic E-state index is 6.72. The molecule has 2 nitrogen and oxygen atoms in total. The molecule has 0 N–H and O–H groups in total. The highest BCUT2D eigenvalue weighted by Crippen LogP contribution is 2.50. The zero-order chi connectivity index (χ0) is 26.2. The lowest BCUT2D eigenvalue weighted by molar-refractivity contribution is 0.647. The molecule has 6 aromatic carbocycles. The van der Waals surface area contributed by atoms with Gasteiger partial charge < -0.3 is 8.83 Å². The summed E-state index contributed by atoms with van der Waals surface area (Å²) in [7, 11) is 0. The normalized spacial score (nSPS) is 11.2. The van der Waals surface area contributed by atoms with Crippen molar-refractivity contribution in [1.29, 1.82) is 0 Å². The first-order valence-electron chi connectivity index (χ1n) is 13.5. The maximum Gasteiger partial charge on any atom is 0.143 e. The molecule has 0 amide bonds. The number of rotatable bonds is 2. The fourth-order valence-corrected chi connectivity index (χ4v) is 5.52. The predicted octanol–water partition coefficient (Wildman–Crippen LogP) is 11.4. The van der Waals surface area contributed by atoms with Crippen LogP contribution in [0, 0.1) is 0 Å². The molecule has 0 radical (unpaired) electrons. The van der Waals surface area contributed by atoms with Gasteiger partial charge in [0.25, 0.3) is 0 Å². The molecular weight excluding hydrogens is 464 g/mol. The SMILES string of the molecule is CC.CC.c1ccc(-c2ccc3ccc4oc5c(-c6ccccc6)ccc6ccc7oc2c3c4-c7c65)cc1. The van der Waals surface area contributed by atoms with Crippen LogP contribution in [0.3, 0.4) is 0 Å². The van der Waals surface area contributed by atoms with E-state index < -0.39 is 0 Å². The van der Waals surface area contributed by atoms with Gasteiger partial charge in [-0.25, -0.2) is 0 Å². The van der Waals surface area contributed by atoms with Crippen LogP contribution >= 0.6 is 0 Å². The van der Waals surface area contributed by atoms with Gasteiger partial charge in [-0.1, -0.05) is 113 Å². The van der Waals surface area contributed by atoms with Crippen LogP contribution in [-0.2, 0) is 0 Å². The third kappa shape index (κ3) is 3.48. The Kier molecular flexibility index (Phi) is 6.09. The first-order chi connectivity index (χ1) is 18.9. The van der Waals surface area contributed by atoms with Gasteiger partial charge >= 0.3 is 0 Å². The van der Waals surface area contributed by atoms with Gasteiger partial charge in [-0.15, -0.1) is 0 Å². The Bertz CT molecular complexity index is 1790. The van der Waals surface area contributed by atoms with Crippen LogP contribution in [0.25, 0.3) is 77.3 Å². The molecule has 38 heavy (non-hydrogen) atoms. The van der Waals surface area contributed by atoms with E-state index in [1.54, 1.807) is 0 Å². The summed E-state index contributed by atoms with van der Waals surface area (Å²) in [5.41, 5.74) is 10.3. The molecule has 2 heterocycles. The van der Waals surface area contributed by atoms with Crippen LogP contribution in [-0.4, -0.2) is 0 Å². The molecule has 0 atom stereocenters. The fourth-order valence-electron chi connectivity index (χ4n) is 5.52. The smallest absolute Gasteiger partial charge is 0.143 e. The Morgan fingerprint density at radius 3 is 1.16 bits per heavy atom. The van der Waals surface area contributed by atoms with Crippen LogP contribution in [0.5, 0.6) is 0 Å². The summed E-state index contributed by atoms with van der Waals surface area (Å²) < 4.78 is 13.4. The van der Waals surface area contributed by atoms with Crippen LogP contribution in [0.4, 0.5) is 0 Å². The Morgan fingerprint density at radius 1 is 0.395 bits per heavy atom. The second kappa shape index (κ2) is 9.72. The summed E-state index contributed by atoms with van der Waals surface area (Å²) in [5, 5.41) is 4.55. The topological polar surface area (TPSA) is 26.3 Å². The fraction of sp³-hybridized carbons (Fsp3) is 0.111. The van der Waals surface area contributed by atoms with Crippen molar-refractivity contribution in [3.05, 3.63) is 109 Å². The van der Waals surface area contributed by atoms with Crippen molar-refractivity contribution in [3.63, 3.8) is 0 Å². The van der Waals surface area contributed by atoms with E-state index >= 15 is 0 Å².